The number of thioether (sulfide) groups is 1. The Morgan fingerprint density at radius 1 is 1.28 bits per heavy atom. The summed E-state index contributed by atoms with van der Waals surface area (Å²) in [5, 5.41) is 12.0. The van der Waals surface area contributed by atoms with Crippen molar-refractivity contribution >= 4 is 34.9 Å². The van der Waals surface area contributed by atoms with Crippen molar-refractivity contribution in [2.24, 2.45) is 0 Å². The average Bonchev–Trinajstić information content (AvgIpc) is 2.72. The van der Waals surface area contributed by atoms with Crippen LogP contribution in [0.1, 0.15) is 5.56 Å². The van der Waals surface area contributed by atoms with E-state index in [4.69, 9.17) is 16.3 Å². The van der Waals surface area contributed by atoms with Gasteiger partial charge in [0, 0.05) is 18.0 Å². The van der Waals surface area contributed by atoms with Crippen LogP contribution in [-0.2, 0) is 12.3 Å². The maximum absolute atomic E-state index is 13.1. The summed E-state index contributed by atoms with van der Waals surface area (Å²) < 4.78 is 19.6. The van der Waals surface area contributed by atoms with E-state index in [2.05, 4.69) is 22.1 Å². The topological polar surface area (TPSA) is 69.0 Å². The fourth-order valence-corrected chi connectivity index (χ4v) is 3.65. The van der Waals surface area contributed by atoms with Crippen molar-refractivity contribution in [3.8, 4) is 5.75 Å². The van der Waals surface area contributed by atoms with E-state index in [-0.39, 0.29) is 23.7 Å². The van der Waals surface area contributed by atoms with Gasteiger partial charge in [0.15, 0.2) is 5.16 Å². The summed E-state index contributed by atoms with van der Waals surface area (Å²) in [5.41, 5.74) is 1.15. The van der Waals surface area contributed by atoms with Gasteiger partial charge in [-0.3, -0.25) is 9.36 Å². The SMILES string of the molecule is C=CCn1c(SCc2ccc(F)cc2)nnc(Nc2ccc(OC)c(Cl)c2)c1=O. The summed E-state index contributed by atoms with van der Waals surface area (Å²) in [6.45, 7) is 3.98. The highest BCUT2D eigenvalue weighted by atomic mass is 35.5. The first-order valence-corrected chi connectivity index (χ1v) is 9.94. The van der Waals surface area contributed by atoms with E-state index in [1.165, 1.54) is 35.6 Å². The zero-order chi connectivity index (χ0) is 20.8. The molecule has 0 bridgehead atoms. The standard InChI is InChI=1S/C20H18ClFN4O2S/c1-3-10-26-19(27)18(23-15-8-9-17(28-2)16(21)11-15)24-25-20(26)29-12-13-4-6-14(22)7-5-13/h3-9,11H,1,10,12H2,2H3,(H,23,24). The van der Waals surface area contributed by atoms with Crippen LogP contribution < -0.4 is 15.6 Å². The number of benzene rings is 2. The molecule has 0 amide bonds. The molecule has 1 heterocycles. The summed E-state index contributed by atoms with van der Waals surface area (Å²) in [5.74, 6) is 0.821. The Labute approximate surface area is 176 Å². The summed E-state index contributed by atoms with van der Waals surface area (Å²) in [7, 11) is 1.52. The minimum absolute atomic E-state index is 0.0687. The quantitative estimate of drug-likeness (QED) is 0.412. The van der Waals surface area contributed by atoms with Gasteiger partial charge in [-0.15, -0.1) is 16.8 Å². The van der Waals surface area contributed by atoms with Gasteiger partial charge in [0.25, 0.3) is 5.56 Å². The van der Waals surface area contributed by atoms with E-state index >= 15 is 0 Å². The monoisotopic (exact) mass is 432 g/mol. The van der Waals surface area contributed by atoms with Gasteiger partial charge in [0.1, 0.15) is 11.6 Å². The van der Waals surface area contributed by atoms with Gasteiger partial charge >= 0.3 is 0 Å². The minimum atomic E-state index is -0.339. The molecular formula is C20H18ClFN4O2S. The normalized spacial score (nSPS) is 10.6. The maximum Gasteiger partial charge on any atom is 0.297 e. The van der Waals surface area contributed by atoms with Gasteiger partial charge < -0.3 is 10.1 Å². The first-order chi connectivity index (χ1) is 14.0. The number of aromatic nitrogens is 3. The van der Waals surface area contributed by atoms with E-state index in [0.717, 1.165) is 5.56 Å². The molecular weight excluding hydrogens is 415 g/mol. The van der Waals surface area contributed by atoms with Gasteiger partial charge in [0.05, 0.1) is 12.1 Å². The van der Waals surface area contributed by atoms with Crippen molar-refractivity contribution < 1.29 is 9.13 Å². The van der Waals surface area contributed by atoms with Crippen molar-refractivity contribution in [1.29, 1.82) is 0 Å². The van der Waals surface area contributed by atoms with Gasteiger partial charge in [-0.2, -0.15) is 0 Å². The molecule has 3 rings (SSSR count). The van der Waals surface area contributed by atoms with Crippen LogP contribution in [0.25, 0.3) is 0 Å². The van der Waals surface area contributed by atoms with Crippen LogP contribution in [0.4, 0.5) is 15.9 Å². The number of allylic oxidation sites excluding steroid dienone is 1. The minimum Gasteiger partial charge on any atom is -0.495 e. The molecule has 0 radical (unpaired) electrons. The molecule has 0 aliphatic rings. The number of ether oxygens (including phenoxy) is 1. The fraction of sp³-hybridized carbons (Fsp3) is 0.150. The van der Waals surface area contributed by atoms with Crippen LogP contribution >= 0.6 is 23.4 Å². The van der Waals surface area contributed by atoms with Crippen molar-refractivity contribution in [1.82, 2.24) is 14.8 Å². The van der Waals surface area contributed by atoms with Gasteiger partial charge in [-0.1, -0.05) is 41.6 Å². The van der Waals surface area contributed by atoms with Crippen molar-refractivity contribution in [2.45, 2.75) is 17.5 Å². The molecule has 0 unspecified atom stereocenters. The first kappa shape index (κ1) is 20.9. The van der Waals surface area contributed by atoms with Crippen LogP contribution in [0.3, 0.4) is 0 Å². The highest BCUT2D eigenvalue weighted by molar-refractivity contribution is 7.98. The molecule has 0 aliphatic heterocycles. The van der Waals surface area contributed by atoms with E-state index in [1.54, 1.807) is 36.4 Å². The van der Waals surface area contributed by atoms with Crippen molar-refractivity contribution in [2.75, 3.05) is 12.4 Å². The molecule has 150 valence electrons. The molecule has 1 aromatic heterocycles. The molecule has 0 atom stereocenters. The number of hydrogen-bond donors (Lipinski definition) is 1. The van der Waals surface area contributed by atoms with Crippen LogP contribution in [0.15, 0.2) is 65.1 Å². The summed E-state index contributed by atoms with van der Waals surface area (Å²) in [6.07, 6.45) is 1.61. The molecule has 0 aliphatic carbocycles. The molecule has 0 fully saturated rings. The Bertz CT molecular complexity index is 1070. The molecule has 29 heavy (non-hydrogen) atoms. The largest absolute Gasteiger partial charge is 0.495 e. The lowest BCUT2D eigenvalue weighted by Crippen LogP contribution is -2.26. The second kappa shape index (κ2) is 9.58. The fourth-order valence-electron chi connectivity index (χ4n) is 2.49. The van der Waals surface area contributed by atoms with Crippen LogP contribution in [0.2, 0.25) is 5.02 Å². The Morgan fingerprint density at radius 2 is 2.03 bits per heavy atom. The molecule has 0 spiro atoms. The molecule has 3 aromatic rings. The maximum atomic E-state index is 13.1. The van der Waals surface area contributed by atoms with Crippen molar-refractivity contribution in [3.63, 3.8) is 0 Å². The van der Waals surface area contributed by atoms with Crippen LogP contribution in [0.5, 0.6) is 5.75 Å². The van der Waals surface area contributed by atoms with Gasteiger partial charge in [-0.05, 0) is 35.9 Å². The van der Waals surface area contributed by atoms with E-state index in [9.17, 15) is 9.18 Å². The zero-order valence-corrected chi connectivity index (χ0v) is 17.1. The molecule has 0 saturated carbocycles. The lowest BCUT2D eigenvalue weighted by molar-refractivity contribution is 0.415. The lowest BCUT2D eigenvalue weighted by Gasteiger charge is -2.12. The number of halogens is 2. The van der Waals surface area contributed by atoms with E-state index < -0.39 is 0 Å². The summed E-state index contributed by atoms with van der Waals surface area (Å²) in [4.78, 5) is 12.9. The molecule has 2 aromatic carbocycles. The first-order valence-electron chi connectivity index (χ1n) is 8.58. The number of anilines is 2. The summed E-state index contributed by atoms with van der Waals surface area (Å²) >= 11 is 7.46. The molecule has 6 nitrogen and oxygen atoms in total. The Balaban J connectivity index is 1.84. The molecule has 0 saturated heterocycles. The third-order valence-corrected chi connectivity index (χ3v) is 5.25. The third kappa shape index (κ3) is 5.16. The predicted octanol–water partition coefficient (Wildman–Crippen LogP) is 4.66. The molecule has 9 heteroatoms. The third-order valence-electron chi connectivity index (χ3n) is 3.92. The van der Waals surface area contributed by atoms with Crippen LogP contribution in [0, 0.1) is 5.82 Å². The number of methoxy groups -OCH3 is 1. The van der Waals surface area contributed by atoms with Gasteiger partial charge in [0.2, 0.25) is 5.82 Å². The average molecular weight is 433 g/mol. The number of hydrogen-bond acceptors (Lipinski definition) is 6. The lowest BCUT2D eigenvalue weighted by atomic mass is 10.2. The number of rotatable bonds is 8. The second-order valence-corrected chi connectivity index (χ2v) is 7.27. The second-order valence-electron chi connectivity index (χ2n) is 5.93. The predicted molar refractivity (Wildman–Crippen MR) is 114 cm³/mol. The molecule has 1 N–H and O–H groups in total. The van der Waals surface area contributed by atoms with Crippen molar-refractivity contribution in [3.05, 3.63) is 81.9 Å². The number of nitrogens with one attached hydrogen (secondary N) is 1. The smallest absolute Gasteiger partial charge is 0.297 e. The zero-order valence-electron chi connectivity index (χ0n) is 15.6. The highest BCUT2D eigenvalue weighted by Gasteiger charge is 2.13. The number of nitrogens with zero attached hydrogens (tertiary/aromatic N) is 3. The Hall–Kier alpha value is -2.84. The highest BCUT2D eigenvalue weighted by Crippen LogP contribution is 2.28. The summed E-state index contributed by atoms with van der Waals surface area (Å²) in [6, 6.07) is 11.2. The Morgan fingerprint density at radius 3 is 2.69 bits per heavy atom. The van der Waals surface area contributed by atoms with E-state index in [1.807, 2.05) is 0 Å². The van der Waals surface area contributed by atoms with Gasteiger partial charge in [-0.25, -0.2) is 4.39 Å². The van der Waals surface area contributed by atoms with Crippen LogP contribution in [-0.4, -0.2) is 21.9 Å². The Kier molecular flexibility index (Phi) is 6.90. The van der Waals surface area contributed by atoms with E-state index in [0.29, 0.717) is 27.4 Å².